The molecule has 0 aromatic heterocycles. The highest BCUT2D eigenvalue weighted by Crippen LogP contribution is 2.23. The summed E-state index contributed by atoms with van der Waals surface area (Å²) in [5.74, 6) is 0.964. The number of nitrogens with one attached hydrogen (secondary N) is 1. The van der Waals surface area contributed by atoms with Crippen LogP contribution in [0, 0.1) is 5.92 Å². The second kappa shape index (κ2) is 7.93. The van der Waals surface area contributed by atoms with Crippen LogP contribution in [0.4, 0.5) is 0 Å². The number of nitrogens with zero attached hydrogens (tertiary/aromatic N) is 1. The first-order valence-electron chi connectivity index (χ1n) is 8.92. The van der Waals surface area contributed by atoms with Crippen molar-refractivity contribution in [3.63, 3.8) is 0 Å². The van der Waals surface area contributed by atoms with Crippen LogP contribution in [0.5, 0.6) is 0 Å². The zero-order valence-electron chi connectivity index (χ0n) is 14.0. The Hall–Kier alpha value is -1.39. The predicted molar refractivity (Wildman–Crippen MR) is 91.3 cm³/mol. The highest BCUT2D eigenvalue weighted by Gasteiger charge is 2.33. The molecule has 0 aliphatic carbocycles. The molecular weight excluding hydrogens is 288 g/mol. The smallest absolute Gasteiger partial charge is 0.242 e. The maximum atomic E-state index is 12.6. The van der Waals surface area contributed by atoms with Gasteiger partial charge in [0.2, 0.25) is 5.91 Å². The van der Waals surface area contributed by atoms with Crippen LogP contribution in [-0.4, -0.2) is 49.2 Å². The third-order valence-electron chi connectivity index (χ3n) is 5.19. The van der Waals surface area contributed by atoms with E-state index in [0.29, 0.717) is 6.61 Å². The molecule has 23 heavy (non-hydrogen) atoms. The van der Waals surface area contributed by atoms with E-state index in [1.807, 2.05) is 11.8 Å². The third kappa shape index (κ3) is 4.33. The summed E-state index contributed by atoms with van der Waals surface area (Å²) in [7, 11) is 0. The summed E-state index contributed by atoms with van der Waals surface area (Å²) in [6.45, 7) is 5.24. The van der Waals surface area contributed by atoms with Crippen LogP contribution in [-0.2, 0) is 16.0 Å². The molecule has 1 amide bonds. The van der Waals surface area contributed by atoms with Gasteiger partial charge in [-0.1, -0.05) is 30.3 Å². The molecule has 2 fully saturated rings. The lowest BCUT2D eigenvalue weighted by atomic mass is 9.90. The van der Waals surface area contributed by atoms with Crippen LogP contribution in [0.25, 0.3) is 0 Å². The fraction of sp³-hybridized carbons (Fsp3) is 0.632. The summed E-state index contributed by atoms with van der Waals surface area (Å²) in [5, 5.41) is 3.31. The lowest BCUT2D eigenvalue weighted by Crippen LogP contribution is -2.57. The van der Waals surface area contributed by atoms with E-state index in [9.17, 15) is 4.79 Å². The maximum absolute atomic E-state index is 12.6. The number of ether oxygens (including phenoxy) is 1. The van der Waals surface area contributed by atoms with Crippen LogP contribution < -0.4 is 5.32 Å². The normalized spacial score (nSPS) is 26.2. The maximum Gasteiger partial charge on any atom is 0.242 e. The van der Waals surface area contributed by atoms with Crippen molar-refractivity contribution in [2.45, 2.75) is 44.8 Å². The van der Waals surface area contributed by atoms with E-state index < -0.39 is 0 Å². The lowest BCUT2D eigenvalue weighted by molar-refractivity contribution is -0.140. The number of benzene rings is 1. The number of carbonyl (C=O) groups is 1. The van der Waals surface area contributed by atoms with Gasteiger partial charge in [-0.05, 0) is 44.1 Å². The second-order valence-electron chi connectivity index (χ2n) is 6.80. The molecular formula is C19H28N2O2. The summed E-state index contributed by atoms with van der Waals surface area (Å²) in [4.78, 5) is 14.7. The van der Waals surface area contributed by atoms with Crippen molar-refractivity contribution < 1.29 is 9.53 Å². The molecule has 0 unspecified atom stereocenters. The molecule has 1 aromatic carbocycles. The summed E-state index contributed by atoms with van der Waals surface area (Å²) >= 11 is 0. The average Bonchev–Trinajstić information content (AvgIpc) is 2.61. The molecule has 2 atom stereocenters. The predicted octanol–water partition coefficient (Wildman–Crippen LogP) is 2.23. The van der Waals surface area contributed by atoms with Crippen LogP contribution in [0.1, 0.15) is 31.7 Å². The fourth-order valence-corrected chi connectivity index (χ4v) is 3.66. The monoisotopic (exact) mass is 316 g/mol. The number of aryl methyl sites for hydroxylation is 1. The van der Waals surface area contributed by atoms with Gasteiger partial charge in [0, 0.05) is 19.6 Å². The number of carbonyl (C=O) groups excluding carboxylic acids is 1. The van der Waals surface area contributed by atoms with E-state index in [4.69, 9.17) is 4.74 Å². The molecule has 0 bridgehead atoms. The van der Waals surface area contributed by atoms with Gasteiger partial charge in [0.1, 0.15) is 6.04 Å². The summed E-state index contributed by atoms with van der Waals surface area (Å²) in [6.07, 6.45) is 4.61. The molecule has 0 spiro atoms. The third-order valence-corrected chi connectivity index (χ3v) is 5.19. The van der Waals surface area contributed by atoms with E-state index in [0.717, 1.165) is 44.8 Å². The molecule has 0 saturated carbocycles. The quantitative estimate of drug-likeness (QED) is 0.926. The van der Waals surface area contributed by atoms with E-state index in [2.05, 4.69) is 35.6 Å². The molecule has 2 heterocycles. The van der Waals surface area contributed by atoms with E-state index >= 15 is 0 Å². The molecule has 1 aromatic rings. The van der Waals surface area contributed by atoms with Crippen molar-refractivity contribution in [3.05, 3.63) is 35.9 Å². The first kappa shape index (κ1) is 16.5. The number of likely N-dealkylation sites (tertiary alicyclic amines) is 1. The van der Waals surface area contributed by atoms with Crippen molar-refractivity contribution in [1.29, 1.82) is 0 Å². The Morgan fingerprint density at radius 3 is 2.70 bits per heavy atom. The van der Waals surface area contributed by atoms with Crippen molar-refractivity contribution in [3.8, 4) is 0 Å². The van der Waals surface area contributed by atoms with Gasteiger partial charge in [0.15, 0.2) is 0 Å². The molecule has 4 heteroatoms. The molecule has 4 nitrogen and oxygen atoms in total. The van der Waals surface area contributed by atoms with Crippen molar-refractivity contribution in [2.75, 3.05) is 26.2 Å². The topological polar surface area (TPSA) is 41.6 Å². The SMILES string of the molecule is C[C@H]1OCCN[C@@H]1C(=O)N1CCC(CCc2ccccc2)CC1. The van der Waals surface area contributed by atoms with Crippen molar-refractivity contribution in [2.24, 2.45) is 5.92 Å². The number of hydrogen-bond donors (Lipinski definition) is 1. The molecule has 2 saturated heterocycles. The summed E-state index contributed by atoms with van der Waals surface area (Å²) in [5.41, 5.74) is 1.42. The Bertz CT molecular complexity index is 497. The largest absolute Gasteiger partial charge is 0.375 e. The Balaban J connectivity index is 1.43. The Kier molecular flexibility index (Phi) is 5.68. The Labute approximate surface area is 139 Å². The van der Waals surface area contributed by atoms with Crippen LogP contribution in [0.2, 0.25) is 0 Å². The zero-order chi connectivity index (χ0) is 16.1. The summed E-state index contributed by atoms with van der Waals surface area (Å²) in [6, 6.07) is 10.5. The standard InChI is InChI=1S/C19H28N2O2/c1-15-18(20-11-14-23-15)19(22)21-12-9-17(10-13-21)8-7-16-5-3-2-4-6-16/h2-6,15,17-18,20H,7-14H2,1H3/t15-,18+/m1/s1. The zero-order valence-corrected chi connectivity index (χ0v) is 14.0. The van der Waals surface area contributed by atoms with E-state index in [1.54, 1.807) is 0 Å². The minimum Gasteiger partial charge on any atom is -0.375 e. The first-order chi connectivity index (χ1) is 11.2. The molecule has 2 aliphatic heterocycles. The van der Waals surface area contributed by atoms with Crippen LogP contribution in [0.3, 0.4) is 0 Å². The van der Waals surface area contributed by atoms with Gasteiger partial charge in [0.05, 0.1) is 12.7 Å². The van der Waals surface area contributed by atoms with Crippen molar-refractivity contribution in [1.82, 2.24) is 10.2 Å². The minimum absolute atomic E-state index is 0.0212. The van der Waals surface area contributed by atoms with Gasteiger partial charge in [-0.15, -0.1) is 0 Å². The van der Waals surface area contributed by atoms with Gasteiger partial charge >= 0.3 is 0 Å². The number of rotatable bonds is 4. The molecule has 0 radical (unpaired) electrons. The van der Waals surface area contributed by atoms with Gasteiger partial charge in [-0.25, -0.2) is 0 Å². The average molecular weight is 316 g/mol. The number of amides is 1. The van der Waals surface area contributed by atoms with Gasteiger partial charge < -0.3 is 15.0 Å². The number of morpholine rings is 1. The molecule has 1 N–H and O–H groups in total. The van der Waals surface area contributed by atoms with Crippen molar-refractivity contribution >= 4 is 5.91 Å². The Morgan fingerprint density at radius 1 is 1.26 bits per heavy atom. The first-order valence-corrected chi connectivity index (χ1v) is 8.92. The summed E-state index contributed by atoms with van der Waals surface area (Å²) < 4.78 is 5.60. The highest BCUT2D eigenvalue weighted by molar-refractivity contribution is 5.82. The van der Waals surface area contributed by atoms with Crippen LogP contribution in [0.15, 0.2) is 30.3 Å². The Morgan fingerprint density at radius 2 is 2.00 bits per heavy atom. The molecule has 126 valence electrons. The van der Waals surface area contributed by atoms with E-state index in [1.165, 1.54) is 12.0 Å². The number of hydrogen-bond acceptors (Lipinski definition) is 3. The minimum atomic E-state index is -0.162. The lowest BCUT2D eigenvalue weighted by Gasteiger charge is -2.37. The molecule has 3 rings (SSSR count). The number of piperidine rings is 1. The van der Waals surface area contributed by atoms with Crippen LogP contribution >= 0.6 is 0 Å². The van der Waals surface area contributed by atoms with Gasteiger partial charge in [0.25, 0.3) is 0 Å². The van der Waals surface area contributed by atoms with E-state index in [-0.39, 0.29) is 18.1 Å². The fourth-order valence-electron chi connectivity index (χ4n) is 3.66. The second-order valence-corrected chi connectivity index (χ2v) is 6.80. The van der Waals surface area contributed by atoms with Gasteiger partial charge in [-0.3, -0.25) is 4.79 Å². The molecule has 2 aliphatic rings. The highest BCUT2D eigenvalue weighted by atomic mass is 16.5. The van der Waals surface area contributed by atoms with Gasteiger partial charge in [-0.2, -0.15) is 0 Å².